The standard InChI is InChI=1S/C20H30O2/c1-3-20(22)11-9-18-17-6-4-13-12-14(21)5-7-15(13)16(17)8-10-19(18,20)2/h1,13-18,21-22H,4-12H2,2H3/t13-,14-,15?,16?,17?,18?,19-,20-/m0/s1. The minimum atomic E-state index is -0.873. The van der Waals surface area contributed by atoms with Gasteiger partial charge in [-0.2, -0.15) is 0 Å². The number of rotatable bonds is 0. The third-order valence-corrected chi connectivity index (χ3v) is 8.32. The molecule has 0 aromatic heterocycles. The highest BCUT2D eigenvalue weighted by Gasteiger charge is 2.62. The molecule has 0 aromatic rings. The summed E-state index contributed by atoms with van der Waals surface area (Å²) < 4.78 is 0. The molecule has 4 saturated carbocycles. The van der Waals surface area contributed by atoms with Crippen molar-refractivity contribution in [1.82, 2.24) is 0 Å². The van der Waals surface area contributed by atoms with Gasteiger partial charge >= 0.3 is 0 Å². The Labute approximate surface area is 134 Å². The largest absolute Gasteiger partial charge is 0.393 e. The van der Waals surface area contributed by atoms with Gasteiger partial charge in [0.05, 0.1) is 6.10 Å². The molecule has 0 saturated heterocycles. The van der Waals surface area contributed by atoms with E-state index in [2.05, 4.69) is 12.8 Å². The fraction of sp³-hybridized carbons (Fsp3) is 0.900. The van der Waals surface area contributed by atoms with E-state index < -0.39 is 5.60 Å². The zero-order chi connectivity index (χ0) is 15.5. The van der Waals surface area contributed by atoms with Crippen molar-refractivity contribution >= 4 is 0 Å². The van der Waals surface area contributed by atoms with Crippen LogP contribution in [0.4, 0.5) is 0 Å². The van der Waals surface area contributed by atoms with Gasteiger partial charge in [-0.1, -0.05) is 12.8 Å². The van der Waals surface area contributed by atoms with E-state index in [1.807, 2.05) is 0 Å². The number of fused-ring (bicyclic) bond motifs is 5. The second-order valence-corrected chi connectivity index (χ2v) is 8.90. The van der Waals surface area contributed by atoms with Gasteiger partial charge < -0.3 is 10.2 Å². The van der Waals surface area contributed by atoms with Crippen LogP contribution in [0.15, 0.2) is 0 Å². The van der Waals surface area contributed by atoms with Crippen molar-refractivity contribution in [1.29, 1.82) is 0 Å². The summed E-state index contributed by atoms with van der Waals surface area (Å²) in [6, 6.07) is 0. The van der Waals surface area contributed by atoms with Crippen LogP contribution in [0.25, 0.3) is 0 Å². The maximum absolute atomic E-state index is 10.9. The zero-order valence-electron chi connectivity index (χ0n) is 13.8. The van der Waals surface area contributed by atoms with Gasteiger partial charge in [-0.05, 0) is 87.4 Å². The molecule has 0 spiro atoms. The van der Waals surface area contributed by atoms with Gasteiger partial charge in [-0.15, -0.1) is 6.42 Å². The van der Waals surface area contributed by atoms with Gasteiger partial charge in [0, 0.05) is 5.41 Å². The van der Waals surface area contributed by atoms with Gasteiger partial charge in [-0.25, -0.2) is 0 Å². The molecule has 8 atom stereocenters. The normalized spacial score (nSPS) is 57.4. The van der Waals surface area contributed by atoms with Crippen molar-refractivity contribution in [3.8, 4) is 12.3 Å². The minimum Gasteiger partial charge on any atom is -0.393 e. The Morgan fingerprint density at radius 3 is 2.50 bits per heavy atom. The van der Waals surface area contributed by atoms with Gasteiger partial charge in [-0.3, -0.25) is 0 Å². The lowest BCUT2D eigenvalue weighted by Gasteiger charge is -2.56. The molecule has 2 N–H and O–H groups in total. The summed E-state index contributed by atoms with van der Waals surface area (Å²) in [7, 11) is 0. The molecule has 4 aliphatic carbocycles. The van der Waals surface area contributed by atoms with E-state index in [-0.39, 0.29) is 11.5 Å². The number of hydrogen-bond acceptors (Lipinski definition) is 2. The van der Waals surface area contributed by atoms with Crippen LogP contribution in [0, 0.1) is 47.3 Å². The molecule has 4 fully saturated rings. The fourth-order valence-corrected chi connectivity index (χ4v) is 7.08. The minimum absolute atomic E-state index is 0.0512. The van der Waals surface area contributed by atoms with Crippen molar-refractivity contribution in [2.24, 2.45) is 35.0 Å². The molecule has 0 aliphatic heterocycles. The lowest BCUT2D eigenvalue weighted by Crippen LogP contribution is -2.53. The smallest absolute Gasteiger partial charge is 0.130 e. The third kappa shape index (κ3) is 1.88. The topological polar surface area (TPSA) is 40.5 Å². The molecule has 0 amide bonds. The molecule has 0 aromatic carbocycles. The molecular formula is C20H30O2. The van der Waals surface area contributed by atoms with E-state index >= 15 is 0 Å². The van der Waals surface area contributed by atoms with Gasteiger partial charge in [0.15, 0.2) is 0 Å². The molecular weight excluding hydrogens is 272 g/mol. The summed E-state index contributed by atoms with van der Waals surface area (Å²) in [4.78, 5) is 0. The van der Waals surface area contributed by atoms with E-state index in [0.29, 0.717) is 5.92 Å². The van der Waals surface area contributed by atoms with Crippen LogP contribution in [0.1, 0.15) is 64.7 Å². The molecule has 0 radical (unpaired) electrons. The van der Waals surface area contributed by atoms with E-state index in [9.17, 15) is 10.2 Å². The molecule has 4 rings (SSSR count). The molecule has 2 nitrogen and oxygen atoms in total. The molecule has 4 unspecified atom stereocenters. The van der Waals surface area contributed by atoms with E-state index in [0.717, 1.165) is 55.8 Å². The van der Waals surface area contributed by atoms with Crippen LogP contribution in [0.3, 0.4) is 0 Å². The van der Waals surface area contributed by atoms with Crippen LogP contribution in [0.5, 0.6) is 0 Å². The molecule has 0 heterocycles. The predicted octanol–water partition coefficient (Wildman–Crippen LogP) is 3.36. The molecule has 0 bridgehead atoms. The zero-order valence-corrected chi connectivity index (χ0v) is 13.8. The molecule has 2 heteroatoms. The number of terminal acetylenes is 1. The van der Waals surface area contributed by atoms with Gasteiger partial charge in [0.1, 0.15) is 5.60 Å². The Kier molecular flexibility index (Phi) is 3.41. The SMILES string of the molecule is C#C[C@]1(O)CCC2C3CC[C@H]4C[C@@H](O)CCC4C3CC[C@@]21C. The molecule has 122 valence electrons. The molecule has 4 aliphatic rings. The summed E-state index contributed by atoms with van der Waals surface area (Å²) in [6.07, 6.45) is 15.7. The van der Waals surface area contributed by atoms with Gasteiger partial charge in [0.2, 0.25) is 0 Å². The van der Waals surface area contributed by atoms with E-state index in [1.54, 1.807) is 0 Å². The summed E-state index contributed by atoms with van der Waals surface area (Å²) in [5, 5.41) is 20.9. The Morgan fingerprint density at radius 2 is 1.73 bits per heavy atom. The summed E-state index contributed by atoms with van der Waals surface area (Å²) in [6.45, 7) is 2.26. The second kappa shape index (κ2) is 4.99. The van der Waals surface area contributed by atoms with E-state index in [4.69, 9.17) is 6.42 Å². The van der Waals surface area contributed by atoms with Crippen molar-refractivity contribution in [3.63, 3.8) is 0 Å². The monoisotopic (exact) mass is 302 g/mol. The summed E-state index contributed by atoms with van der Waals surface area (Å²) >= 11 is 0. The van der Waals surface area contributed by atoms with Crippen LogP contribution in [-0.2, 0) is 0 Å². The highest BCUT2D eigenvalue weighted by Crippen LogP contribution is 2.65. The highest BCUT2D eigenvalue weighted by molar-refractivity contribution is 5.23. The summed E-state index contributed by atoms with van der Waals surface area (Å²) in [5.41, 5.74) is -0.938. The Hall–Kier alpha value is -0.520. The summed E-state index contributed by atoms with van der Waals surface area (Å²) in [5.74, 6) is 6.53. The maximum atomic E-state index is 10.9. The first-order valence-corrected chi connectivity index (χ1v) is 9.37. The lowest BCUT2D eigenvalue weighted by atomic mass is 9.49. The number of aliphatic hydroxyl groups is 2. The lowest BCUT2D eigenvalue weighted by molar-refractivity contribution is -0.111. The van der Waals surface area contributed by atoms with Crippen molar-refractivity contribution in [2.45, 2.75) is 76.4 Å². The number of hydrogen-bond donors (Lipinski definition) is 2. The van der Waals surface area contributed by atoms with Gasteiger partial charge in [0.25, 0.3) is 0 Å². The predicted molar refractivity (Wildman–Crippen MR) is 86.9 cm³/mol. The first-order chi connectivity index (χ1) is 10.5. The molecule has 22 heavy (non-hydrogen) atoms. The Balaban J connectivity index is 1.60. The average molecular weight is 302 g/mol. The van der Waals surface area contributed by atoms with Crippen LogP contribution in [-0.4, -0.2) is 21.9 Å². The number of aliphatic hydroxyl groups excluding tert-OH is 1. The van der Waals surface area contributed by atoms with E-state index in [1.165, 1.54) is 25.7 Å². The Morgan fingerprint density at radius 1 is 0.955 bits per heavy atom. The Bertz CT molecular complexity index is 494. The fourth-order valence-electron chi connectivity index (χ4n) is 7.08. The van der Waals surface area contributed by atoms with Crippen molar-refractivity contribution < 1.29 is 10.2 Å². The van der Waals surface area contributed by atoms with Crippen LogP contribution in [0.2, 0.25) is 0 Å². The van der Waals surface area contributed by atoms with Crippen LogP contribution >= 0.6 is 0 Å². The average Bonchev–Trinajstić information content (AvgIpc) is 2.79. The van der Waals surface area contributed by atoms with Crippen LogP contribution < -0.4 is 0 Å². The quantitative estimate of drug-likeness (QED) is 0.674. The highest BCUT2D eigenvalue weighted by atomic mass is 16.3. The second-order valence-electron chi connectivity index (χ2n) is 8.90. The van der Waals surface area contributed by atoms with Crippen molar-refractivity contribution in [2.75, 3.05) is 0 Å². The third-order valence-electron chi connectivity index (χ3n) is 8.32. The first-order valence-electron chi connectivity index (χ1n) is 9.37. The first kappa shape index (κ1) is 15.0. The van der Waals surface area contributed by atoms with Crippen molar-refractivity contribution in [3.05, 3.63) is 0 Å². The maximum Gasteiger partial charge on any atom is 0.130 e.